The van der Waals surface area contributed by atoms with E-state index in [1.807, 2.05) is 11.8 Å². The second-order valence-electron chi connectivity index (χ2n) is 4.71. The Morgan fingerprint density at radius 2 is 2.33 bits per heavy atom. The van der Waals surface area contributed by atoms with Crippen molar-refractivity contribution in [3.63, 3.8) is 0 Å². The van der Waals surface area contributed by atoms with Crippen LogP contribution < -0.4 is 0 Å². The molecule has 0 aromatic carbocycles. The largest absolute Gasteiger partial charge is 0.481 e. The lowest BCUT2D eigenvalue weighted by atomic mass is 9.96. The fourth-order valence-electron chi connectivity index (χ4n) is 2.59. The van der Waals surface area contributed by atoms with Crippen molar-refractivity contribution in [1.82, 2.24) is 4.90 Å². The minimum absolute atomic E-state index is 0.125. The molecule has 2 rings (SSSR count). The second-order valence-corrected chi connectivity index (χ2v) is 6.18. The normalized spacial score (nSPS) is 38.1. The summed E-state index contributed by atoms with van der Waals surface area (Å²) in [5.74, 6) is 0.450. The van der Waals surface area contributed by atoms with E-state index in [9.17, 15) is 4.79 Å². The highest BCUT2D eigenvalue weighted by Gasteiger charge is 2.32. The molecule has 2 heterocycles. The van der Waals surface area contributed by atoms with Crippen LogP contribution in [0.3, 0.4) is 0 Å². The quantitative estimate of drug-likeness (QED) is 0.782. The van der Waals surface area contributed by atoms with Crippen LogP contribution >= 0.6 is 11.8 Å². The van der Waals surface area contributed by atoms with E-state index in [1.54, 1.807) is 0 Å². The fraction of sp³-hybridized carbons (Fsp3) is 0.909. The third-order valence-electron chi connectivity index (χ3n) is 3.50. The molecule has 0 radical (unpaired) electrons. The maximum Gasteiger partial charge on any atom is 0.307 e. The first-order chi connectivity index (χ1) is 7.16. The number of carboxylic acid groups (broad SMARTS) is 1. The van der Waals surface area contributed by atoms with E-state index < -0.39 is 5.97 Å². The number of carboxylic acids is 1. The highest BCUT2D eigenvalue weighted by molar-refractivity contribution is 8.00. The Labute approximate surface area is 95.2 Å². The summed E-state index contributed by atoms with van der Waals surface area (Å²) in [7, 11) is 0. The first-order valence-corrected chi connectivity index (χ1v) is 6.80. The molecule has 3 unspecified atom stereocenters. The van der Waals surface area contributed by atoms with Gasteiger partial charge in [-0.05, 0) is 25.8 Å². The van der Waals surface area contributed by atoms with Crippen LogP contribution in [0.4, 0.5) is 0 Å². The van der Waals surface area contributed by atoms with Gasteiger partial charge in [-0.2, -0.15) is 11.8 Å². The molecule has 0 spiro atoms. The number of hydrogen-bond acceptors (Lipinski definition) is 3. The Kier molecular flexibility index (Phi) is 3.57. The molecular weight excluding hydrogens is 210 g/mol. The third-order valence-corrected chi connectivity index (χ3v) is 4.83. The monoisotopic (exact) mass is 229 g/mol. The van der Waals surface area contributed by atoms with Gasteiger partial charge in [0.25, 0.3) is 0 Å². The molecule has 4 heteroatoms. The van der Waals surface area contributed by atoms with Crippen molar-refractivity contribution in [1.29, 1.82) is 0 Å². The number of rotatable bonds is 2. The maximum absolute atomic E-state index is 10.9. The minimum atomic E-state index is -0.613. The molecule has 0 aliphatic carbocycles. The van der Waals surface area contributed by atoms with Crippen LogP contribution in [0.15, 0.2) is 0 Å². The van der Waals surface area contributed by atoms with Gasteiger partial charge in [-0.1, -0.05) is 6.92 Å². The predicted octanol–water partition coefficient (Wildman–Crippen LogP) is 1.68. The number of hydrogen-bond donors (Lipinski definition) is 1. The zero-order chi connectivity index (χ0) is 10.8. The van der Waals surface area contributed by atoms with E-state index >= 15 is 0 Å². The van der Waals surface area contributed by atoms with Crippen molar-refractivity contribution in [3.05, 3.63) is 0 Å². The van der Waals surface area contributed by atoms with Gasteiger partial charge in [0.05, 0.1) is 5.92 Å². The molecule has 3 atom stereocenters. The van der Waals surface area contributed by atoms with Crippen LogP contribution in [0.25, 0.3) is 0 Å². The molecule has 86 valence electrons. The maximum atomic E-state index is 10.9. The number of likely N-dealkylation sites (tertiary alicyclic amines) is 1. The zero-order valence-electron chi connectivity index (χ0n) is 9.19. The Hall–Kier alpha value is -0.220. The summed E-state index contributed by atoms with van der Waals surface area (Å²) in [6.07, 6.45) is 3.14. The summed E-state index contributed by atoms with van der Waals surface area (Å²) in [4.78, 5) is 13.3. The molecule has 0 amide bonds. The van der Waals surface area contributed by atoms with Crippen LogP contribution in [0.2, 0.25) is 0 Å². The molecule has 3 nitrogen and oxygen atoms in total. The predicted molar refractivity (Wildman–Crippen MR) is 62.3 cm³/mol. The van der Waals surface area contributed by atoms with Crippen molar-refractivity contribution in [2.24, 2.45) is 5.92 Å². The molecule has 15 heavy (non-hydrogen) atoms. The van der Waals surface area contributed by atoms with Gasteiger partial charge in [0.1, 0.15) is 0 Å². The highest BCUT2D eigenvalue weighted by Crippen LogP contribution is 2.31. The van der Waals surface area contributed by atoms with Crippen molar-refractivity contribution in [2.45, 2.75) is 37.5 Å². The highest BCUT2D eigenvalue weighted by atomic mass is 32.2. The SMILES string of the molecule is CC1CC(N2CCCC(C(=O)O)C2)CS1. The Bertz CT molecular complexity index is 247. The zero-order valence-corrected chi connectivity index (χ0v) is 10.0. The Morgan fingerprint density at radius 1 is 1.53 bits per heavy atom. The van der Waals surface area contributed by atoms with Gasteiger partial charge in [0, 0.05) is 23.6 Å². The molecule has 2 fully saturated rings. The number of thioether (sulfide) groups is 1. The molecule has 2 saturated heterocycles. The third kappa shape index (κ3) is 2.67. The topological polar surface area (TPSA) is 40.5 Å². The van der Waals surface area contributed by atoms with Crippen molar-refractivity contribution in [2.75, 3.05) is 18.8 Å². The van der Waals surface area contributed by atoms with Crippen molar-refractivity contribution in [3.8, 4) is 0 Å². The summed E-state index contributed by atoms with van der Waals surface area (Å²) in [6, 6.07) is 0.632. The second kappa shape index (κ2) is 4.74. The van der Waals surface area contributed by atoms with Crippen LogP contribution in [-0.4, -0.2) is 46.1 Å². The van der Waals surface area contributed by atoms with Crippen LogP contribution in [0, 0.1) is 5.92 Å². The molecule has 2 aliphatic rings. The summed E-state index contributed by atoms with van der Waals surface area (Å²) < 4.78 is 0. The minimum Gasteiger partial charge on any atom is -0.481 e. The van der Waals surface area contributed by atoms with E-state index in [1.165, 1.54) is 12.2 Å². The van der Waals surface area contributed by atoms with E-state index in [2.05, 4.69) is 11.8 Å². The Balaban J connectivity index is 1.90. The lowest BCUT2D eigenvalue weighted by Gasteiger charge is -2.34. The molecule has 0 saturated carbocycles. The van der Waals surface area contributed by atoms with Gasteiger partial charge in [-0.15, -0.1) is 0 Å². The average molecular weight is 229 g/mol. The summed E-state index contributed by atoms with van der Waals surface area (Å²) in [6.45, 7) is 4.14. The van der Waals surface area contributed by atoms with E-state index in [0.717, 1.165) is 31.2 Å². The number of carbonyl (C=O) groups is 1. The first-order valence-electron chi connectivity index (χ1n) is 5.75. The molecule has 2 aliphatic heterocycles. The standard InChI is InChI=1S/C11H19NO2S/c1-8-5-10(7-15-8)12-4-2-3-9(6-12)11(13)14/h8-10H,2-7H2,1H3,(H,13,14). The summed E-state index contributed by atoms with van der Waals surface area (Å²) in [5, 5.41) is 9.77. The number of piperidine rings is 1. The molecular formula is C11H19NO2S. The summed E-state index contributed by atoms with van der Waals surface area (Å²) in [5.41, 5.74) is 0. The van der Waals surface area contributed by atoms with Crippen LogP contribution in [0.1, 0.15) is 26.2 Å². The van der Waals surface area contributed by atoms with Crippen molar-refractivity contribution < 1.29 is 9.90 Å². The molecule has 0 bridgehead atoms. The number of aliphatic carboxylic acids is 1. The Morgan fingerprint density at radius 3 is 2.93 bits per heavy atom. The lowest BCUT2D eigenvalue weighted by Crippen LogP contribution is -2.44. The van der Waals surface area contributed by atoms with Crippen LogP contribution in [-0.2, 0) is 4.79 Å². The molecule has 0 aromatic rings. The van der Waals surface area contributed by atoms with E-state index in [-0.39, 0.29) is 5.92 Å². The van der Waals surface area contributed by atoms with E-state index in [0.29, 0.717) is 6.04 Å². The van der Waals surface area contributed by atoms with Gasteiger partial charge >= 0.3 is 5.97 Å². The first kappa shape index (κ1) is 11.3. The van der Waals surface area contributed by atoms with Gasteiger partial charge in [0.15, 0.2) is 0 Å². The molecule has 0 aromatic heterocycles. The average Bonchev–Trinajstić information content (AvgIpc) is 2.65. The lowest BCUT2D eigenvalue weighted by molar-refractivity contribution is -0.143. The smallest absolute Gasteiger partial charge is 0.307 e. The van der Waals surface area contributed by atoms with Crippen molar-refractivity contribution >= 4 is 17.7 Å². The van der Waals surface area contributed by atoms with Gasteiger partial charge in [0.2, 0.25) is 0 Å². The van der Waals surface area contributed by atoms with Gasteiger partial charge < -0.3 is 5.11 Å². The van der Waals surface area contributed by atoms with Crippen LogP contribution in [0.5, 0.6) is 0 Å². The number of nitrogens with zero attached hydrogens (tertiary/aromatic N) is 1. The molecule has 1 N–H and O–H groups in total. The van der Waals surface area contributed by atoms with E-state index in [4.69, 9.17) is 5.11 Å². The fourth-order valence-corrected chi connectivity index (χ4v) is 3.84. The van der Waals surface area contributed by atoms with Gasteiger partial charge in [-0.3, -0.25) is 9.69 Å². The van der Waals surface area contributed by atoms with Gasteiger partial charge in [-0.25, -0.2) is 0 Å². The summed E-state index contributed by atoms with van der Waals surface area (Å²) >= 11 is 2.02.